The van der Waals surface area contributed by atoms with E-state index in [2.05, 4.69) is 4.98 Å². The molecular weight excluding hydrogens is 274 g/mol. The number of phenolic OH excluding ortho intramolecular Hbond substituents is 1. The van der Waals surface area contributed by atoms with Crippen LogP contribution in [0.5, 0.6) is 5.75 Å². The normalized spacial score (nSPS) is 11.5. The summed E-state index contributed by atoms with van der Waals surface area (Å²) in [7, 11) is 0. The maximum atomic E-state index is 14.1. The minimum atomic E-state index is -0.562. The van der Waals surface area contributed by atoms with Crippen LogP contribution in [0.15, 0.2) is 36.4 Å². The first kappa shape index (κ1) is 13.5. The fourth-order valence-corrected chi connectivity index (χ4v) is 2.50. The SMILES string of the molecule is CC(C)n1c(-c2c(O)cccc2F)nc2ccc(F)cc21. The van der Waals surface area contributed by atoms with Crippen molar-refractivity contribution in [3.8, 4) is 17.1 Å². The summed E-state index contributed by atoms with van der Waals surface area (Å²) in [4.78, 5) is 4.36. The Morgan fingerprint density at radius 2 is 1.90 bits per heavy atom. The van der Waals surface area contributed by atoms with Gasteiger partial charge in [-0.3, -0.25) is 0 Å². The van der Waals surface area contributed by atoms with Gasteiger partial charge in [0.05, 0.1) is 16.6 Å². The van der Waals surface area contributed by atoms with E-state index in [0.717, 1.165) is 0 Å². The molecule has 1 heterocycles. The number of halogens is 2. The van der Waals surface area contributed by atoms with Crippen molar-refractivity contribution in [2.45, 2.75) is 19.9 Å². The smallest absolute Gasteiger partial charge is 0.148 e. The number of imidazole rings is 1. The van der Waals surface area contributed by atoms with Gasteiger partial charge in [-0.25, -0.2) is 13.8 Å². The molecule has 0 radical (unpaired) electrons. The van der Waals surface area contributed by atoms with Gasteiger partial charge in [-0.15, -0.1) is 0 Å². The van der Waals surface area contributed by atoms with Gasteiger partial charge < -0.3 is 9.67 Å². The van der Waals surface area contributed by atoms with Crippen LogP contribution < -0.4 is 0 Å². The van der Waals surface area contributed by atoms with Crippen molar-refractivity contribution in [1.82, 2.24) is 9.55 Å². The van der Waals surface area contributed by atoms with Crippen LogP contribution in [-0.2, 0) is 0 Å². The molecule has 3 aromatic rings. The summed E-state index contributed by atoms with van der Waals surface area (Å²) in [6.45, 7) is 3.79. The molecule has 21 heavy (non-hydrogen) atoms. The standard InChI is InChI=1S/C16H14F2N2O/c1-9(2)20-13-8-10(17)6-7-12(13)19-16(20)15-11(18)4-3-5-14(15)21/h3-9,21H,1-2H3. The van der Waals surface area contributed by atoms with E-state index in [9.17, 15) is 13.9 Å². The second-order valence-corrected chi connectivity index (χ2v) is 5.17. The summed E-state index contributed by atoms with van der Waals surface area (Å²) in [5.74, 6) is -0.838. The molecule has 1 N–H and O–H groups in total. The van der Waals surface area contributed by atoms with Crippen molar-refractivity contribution in [3.05, 3.63) is 48.0 Å². The lowest BCUT2D eigenvalue weighted by molar-refractivity contribution is 0.470. The average Bonchev–Trinajstić information content (AvgIpc) is 2.76. The summed E-state index contributed by atoms with van der Waals surface area (Å²) < 4.78 is 29.3. The van der Waals surface area contributed by atoms with Gasteiger partial charge in [0, 0.05) is 6.04 Å². The average molecular weight is 288 g/mol. The van der Waals surface area contributed by atoms with E-state index in [1.165, 1.54) is 30.3 Å². The van der Waals surface area contributed by atoms with E-state index >= 15 is 0 Å². The zero-order valence-corrected chi connectivity index (χ0v) is 11.6. The lowest BCUT2D eigenvalue weighted by atomic mass is 10.1. The summed E-state index contributed by atoms with van der Waals surface area (Å²) in [6.07, 6.45) is 0. The minimum absolute atomic E-state index is 0.0304. The molecule has 0 aliphatic rings. The van der Waals surface area contributed by atoms with Crippen molar-refractivity contribution in [3.63, 3.8) is 0 Å². The van der Waals surface area contributed by atoms with Crippen LogP contribution in [0, 0.1) is 11.6 Å². The van der Waals surface area contributed by atoms with Crippen LogP contribution in [0.3, 0.4) is 0 Å². The maximum absolute atomic E-state index is 14.1. The van der Waals surface area contributed by atoms with E-state index in [-0.39, 0.29) is 23.2 Å². The number of aromatic hydroxyl groups is 1. The topological polar surface area (TPSA) is 38.0 Å². The molecule has 3 nitrogen and oxygen atoms in total. The number of hydrogen-bond acceptors (Lipinski definition) is 2. The van der Waals surface area contributed by atoms with Crippen molar-refractivity contribution < 1.29 is 13.9 Å². The molecule has 0 saturated heterocycles. The third-order valence-corrected chi connectivity index (χ3v) is 3.38. The molecule has 0 amide bonds. The first-order valence-corrected chi connectivity index (χ1v) is 6.64. The fraction of sp³-hybridized carbons (Fsp3) is 0.188. The highest BCUT2D eigenvalue weighted by Crippen LogP contribution is 2.35. The summed E-state index contributed by atoms with van der Waals surface area (Å²) in [5.41, 5.74) is 1.16. The highest BCUT2D eigenvalue weighted by Gasteiger charge is 2.20. The largest absolute Gasteiger partial charge is 0.507 e. The van der Waals surface area contributed by atoms with Crippen molar-refractivity contribution in [2.24, 2.45) is 0 Å². The van der Waals surface area contributed by atoms with Crippen LogP contribution in [0.1, 0.15) is 19.9 Å². The Hall–Kier alpha value is -2.43. The summed E-state index contributed by atoms with van der Waals surface area (Å²) >= 11 is 0. The number of fused-ring (bicyclic) bond motifs is 1. The molecule has 0 aliphatic heterocycles. The molecule has 0 spiro atoms. The highest BCUT2D eigenvalue weighted by atomic mass is 19.1. The van der Waals surface area contributed by atoms with E-state index < -0.39 is 5.82 Å². The molecule has 1 aromatic heterocycles. The van der Waals surface area contributed by atoms with Gasteiger partial charge in [-0.05, 0) is 44.2 Å². The Kier molecular flexibility index (Phi) is 3.12. The zero-order chi connectivity index (χ0) is 15.1. The number of benzene rings is 2. The van der Waals surface area contributed by atoms with E-state index in [1.807, 2.05) is 13.8 Å². The molecular formula is C16H14F2N2O. The number of phenols is 1. The van der Waals surface area contributed by atoms with Crippen LogP contribution in [-0.4, -0.2) is 14.7 Å². The third-order valence-electron chi connectivity index (χ3n) is 3.38. The second kappa shape index (κ2) is 4.84. The van der Waals surface area contributed by atoms with Crippen LogP contribution in [0.25, 0.3) is 22.4 Å². The van der Waals surface area contributed by atoms with E-state index in [0.29, 0.717) is 16.9 Å². The predicted octanol–water partition coefficient (Wildman–Crippen LogP) is 4.27. The third kappa shape index (κ3) is 2.14. The molecule has 0 saturated carbocycles. The number of hydrogen-bond donors (Lipinski definition) is 1. The quantitative estimate of drug-likeness (QED) is 0.764. The second-order valence-electron chi connectivity index (χ2n) is 5.17. The van der Waals surface area contributed by atoms with Gasteiger partial charge in [0.2, 0.25) is 0 Å². The molecule has 0 unspecified atom stereocenters. The van der Waals surface area contributed by atoms with Crippen molar-refractivity contribution in [2.75, 3.05) is 0 Å². The summed E-state index contributed by atoms with van der Waals surface area (Å²) in [5, 5.41) is 9.96. The molecule has 3 rings (SSSR count). The van der Waals surface area contributed by atoms with Gasteiger partial charge in [0.1, 0.15) is 23.2 Å². The first-order valence-electron chi connectivity index (χ1n) is 6.64. The lowest BCUT2D eigenvalue weighted by Gasteiger charge is -2.14. The Morgan fingerprint density at radius 3 is 2.57 bits per heavy atom. The number of rotatable bonds is 2. The fourth-order valence-electron chi connectivity index (χ4n) is 2.50. The zero-order valence-electron chi connectivity index (χ0n) is 11.6. The predicted molar refractivity (Wildman–Crippen MR) is 77.1 cm³/mol. The molecule has 0 fully saturated rings. The van der Waals surface area contributed by atoms with Crippen LogP contribution >= 0.6 is 0 Å². The Labute approximate surface area is 120 Å². The van der Waals surface area contributed by atoms with Crippen molar-refractivity contribution >= 4 is 11.0 Å². The first-order chi connectivity index (χ1) is 9.99. The lowest BCUT2D eigenvalue weighted by Crippen LogP contribution is -2.04. The van der Waals surface area contributed by atoms with E-state index in [1.54, 1.807) is 10.6 Å². The number of nitrogens with zero attached hydrogens (tertiary/aromatic N) is 2. The summed E-state index contributed by atoms with van der Waals surface area (Å²) in [6, 6.07) is 8.25. The van der Waals surface area contributed by atoms with Crippen LogP contribution in [0.2, 0.25) is 0 Å². The minimum Gasteiger partial charge on any atom is -0.507 e. The molecule has 108 valence electrons. The van der Waals surface area contributed by atoms with Gasteiger partial charge in [0.15, 0.2) is 0 Å². The molecule has 0 aliphatic carbocycles. The maximum Gasteiger partial charge on any atom is 0.148 e. The monoisotopic (exact) mass is 288 g/mol. The number of aromatic nitrogens is 2. The Balaban J connectivity index is 2.40. The van der Waals surface area contributed by atoms with E-state index in [4.69, 9.17) is 0 Å². The molecule has 0 bridgehead atoms. The van der Waals surface area contributed by atoms with Gasteiger partial charge in [-0.1, -0.05) is 6.07 Å². The van der Waals surface area contributed by atoms with Gasteiger partial charge >= 0.3 is 0 Å². The van der Waals surface area contributed by atoms with Gasteiger partial charge in [0.25, 0.3) is 0 Å². The van der Waals surface area contributed by atoms with Crippen molar-refractivity contribution in [1.29, 1.82) is 0 Å². The Morgan fingerprint density at radius 1 is 1.14 bits per heavy atom. The van der Waals surface area contributed by atoms with Gasteiger partial charge in [-0.2, -0.15) is 0 Å². The van der Waals surface area contributed by atoms with Crippen LogP contribution in [0.4, 0.5) is 8.78 Å². The molecule has 5 heteroatoms. The molecule has 0 atom stereocenters. The molecule has 2 aromatic carbocycles. The Bertz CT molecular complexity index is 804. The highest BCUT2D eigenvalue weighted by molar-refractivity contribution is 5.82.